The monoisotopic (exact) mass is 310 g/mol. The predicted octanol–water partition coefficient (Wildman–Crippen LogP) is 2.95. The van der Waals surface area contributed by atoms with Gasteiger partial charge in [0.1, 0.15) is 18.1 Å². The zero-order chi connectivity index (χ0) is 16.3. The van der Waals surface area contributed by atoms with Crippen LogP contribution in [0.25, 0.3) is 0 Å². The highest BCUT2D eigenvalue weighted by molar-refractivity contribution is 6.12. The summed E-state index contributed by atoms with van der Waals surface area (Å²) < 4.78 is 5.17. The van der Waals surface area contributed by atoms with Crippen LogP contribution in [-0.2, 0) is 4.84 Å². The molecule has 1 heterocycles. The summed E-state index contributed by atoms with van der Waals surface area (Å²) in [7, 11) is 1.63. The number of nitriles is 1. The maximum absolute atomic E-state index is 8.51. The van der Waals surface area contributed by atoms with Gasteiger partial charge in [0.25, 0.3) is 0 Å². The minimum absolute atomic E-state index is 0.472. The van der Waals surface area contributed by atoms with E-state index in [1.54, 1.807) is 19.5 Å². The molecule has 0 saturated carbocycles. The van der Waals surface area contributed by atoms with E-state index in [2.05, 4.69) is 21.4 Å². The molecule has 0 radical (unpaired) electrons. The van der Waals surface area contributed by atoms with E-state index in [0.717, 1.165) is 29.7 Å². The van der Waals surface area contributed by atoms with Crippen molar-refractivity contribution in [3.05, 3.63) is 53.9 Å². The minimum Gasteiger partial charge on any atom is -0.497 e. The van der Waals surface area contributed by atoms with Crippen LogP contribution in [0.2, 0.25) is 0 Å². The third-order valence-electron chi connectivity index (χ3n) is 3.15. The summed E-state index contributed by atoms with van der Waals surface area (Å²) in [5.74, 6) is 0.776. The van der Waals surface area contributed by atoms with Gasteiger partial charge in [-0.15, -0.1) is 0 Å². The van der Waals surface area contributed by atoms with Crippen molar-refractivity contribution in [2.24, 2.45) is 5.16 Å². The Morgan fingerprint density at radius 2 is 1.96 bits per heavy atom. The third kappa shape index (κ3) is 5.08. The number of oxime groups is 1. The lowest BCUT2D eigenvalue weighted by Crippen LogP contribution is -2.06. The summed E-state index contributed by atoms with van der Waals surface area (Å²) in [5, 5.41) is 20.4. The van der Waals surface area contributed by atoms with Crippen molar-refractivity contribution >= 4 is 5.71 Å². The molecular formula is C17H18N4O2. The standard InChI is InChI=1S/C17H18N4O2/c1-22-16-7-5-14(6-8-16)17(15-9-11-19-20-13-15)21-23-12-4-2-3-10-18/h5-9,11,13H,2-4,12H2,1H3/b21-17-. The summed E-state index contributed by atoms with van der Waals surface area (Å²) in [4.78, 5) is 5.41. The maximum atomic E-state index is 8.51. The van der Waals surface area contributed by atoms with Gasteiger partial charge in [0.2, 0.25) is 0 Å². The first-order valence-electron chi connectivity index (χ1n) is 7.33. The molecule has 0 aliphatic carbocycles. The molecule has 0 saturated heterocycles. The van der Waals surface area contributed by atoms with Crippen molar-refractivity contribution in [2.75, 3.05) is 13.7 Å². The van der Waals surface area contributed by atoms with Crippen LogP contribution in [0.1, 0.15) is 30.4 Å². The average Bonchev–Trinajstić information content (AvgIpc) is 2.62. The lowest BCUT2D eigenvalue weighted by molar-refractivity contribution is 0.141. The fraction of sp³-hybridized carbons (Fsp3) is 0.294. The highest BCUT2D eigenvalue weighted by Gasteiger charge is 2.09. The number of ether oxygens (including phenoxy) is 1. The van der Waals surface area contributed by atoms with E-state index in [4.69, 9.17) is 14.8 Å². The first-order valence-corrected chi connectivity index (χ1v) is 7.33. The molecule has 0 N–H and O–H groups in total. The minimum atomic E-state index is 0.472. The third-order valence-corrected chi connectivity index (χ3v) is 3.15. The second-order valence-corrected chi connectivity index (χ2v) is 4.75. The van der Waals surface area contributed by atoms with Crippen molar-refractivity contribution in [1.82, 2.24) is 10.2 Å². The Kier molecular flexibility index (Phi) is 6.54. The zero-order valence-electron chi connectivity index (χ0n) is 13.0. The molecule has 1 aromatic heterocycles. The van der Waals surface area contributed by atoms with Gasteiger partial charge < -0.3 is 9.57 Å². The van der Waals surface area contributed by atoms with E-state index >= 15 is 0 Å². The van der Waals surface area contributed by atoms with Crippen LogP contribution in [0.15, 0.2) is 47.9 Å². The molecule has 0 unspecified atom stereocenters. The predicted molar refractivity (Wildman–Crippen MR) is 86.1 cm³/mol. The van der Waals surface area contributed by atoms with Gasteiger partial charge in [0, 0.05) is 17.5 Å². The van der Waals surface area contributed by atoms with Gasteiger partial charge in [-0.25, -0.2) is 0 Å². The van der Waals surface area contributed by atoms with E-state index in [9.17, 15) is 0 Å². The first kappa shape index (κ1) is 16.4. The Morgan fingerprint density at radius 1 is 1.13 bits per heavy atom. The van der Waals surface area contributed by atoms with Crippen LogP contribution >= 0.6 is 0 Å². The Balaban J connectivity index is 2.13. The Bertz CT molecular complexity index is 663. The van der Waals surface area contributed by atoms with Gasteiger partial charge in [-0.1, -0.05) is 5.16 Å². The van der Waals surface area contributed by atoms with E-state index in [1.807, 2.05) is 30.3 Å². The largest absolute Gasteiger partial charge is 0.497 e. The smallest absolute Gasteiger partial charge is 0.118 e. The molecule has 23 heavy (non-hydrogen) atoms. The number of benzene rings is 1. The van der Waals surface area contributed by atoms with E-state index in [-0.39, 0.29) is 0 Å². The molecule has 6 heteroatoms. The Hall–Kier alpha value is -2.94. The Morgan fingerprint density at radius 3 is 2.61 bits per heavy atom. The number of aromatic nitrogens is 2. The molecule has 0 aliphatic heterocycles. The molecular weight excluding hydrogens is 292 g/mol. The molecule has 0 atom stereocenters. The van der Waals surface area contributed by atoms with E-state index in [0.29, 0.717) is 18.7 Å². The van der Waals surface area contributed by atoms with Crippen molar-refractivity contribution < 1.29 is 9.57 Å². The summed E-state index contributed by atoms with van der Waals surface area (Å²) in [6.07, 6.45) is 5.39. The van der Waals surface area contributed by atoms with Gasteiger partial charge in [-0.2, -0.15) is 15.5 Å². The van der Waals surface area contributed by atoms with Crippen LogP contribution in [-0.4, -0.2) is 29.6 Å². The molecule has 1 aromatic carbocycles. The molecule has 2 rings (SSSR count). The fourth-order valence-corrected chi connectivity index (χ4v) is 1.93. The lowest BCUT2D eigenvalue weighted by atomic mass is 10.0. The highest BCUT2D eigenvalue weighted by Crippen LogP contribution is 2.15. The van der Waals surface area contributed by atoms with Crippen LogP contribution < -0.4 is 4.74 Å². The second kappa shape index (κ2) is 9.15. The van der Waals surface area contributed by atoms with Crippen molar-refractivity contribution in [1.29, 1.82) is 5.26 Å². The van der Waals surface area contributed by atoms with Gasteiger partial charge >= 0.3 is 0 Å². The van der Waals surface area contributed by atoms with Gasteiger partial charge in [-0.3, -0.25) is 0 Å². The topological polar surface area (TPSA) is 80.4 Å². The number of rotatable bonds is 8. The van der Waals surface area contributed by atoms with E-state index < -0.39 is 0 Å². The van der Waals surface area contributed by atoms with Crippen LogP contribution in [0.3, 0.4) is 0 Å². The highest BCUT2D eigenvalue weighted by atomic mass is 16.6. The SMILES string of the molecule is COc1ccc(/C(=N/OCCCCC#N)c2ccnnc2)cc1. The molecule has 0 fully saturated rings. The number of unbranched alkanes of at least 4 members (excludes halogenated alkanes) is 2. The van der Waals surface area contributed by atoms with Crippen molar-refractivity contribution in [3.8, 4) is 11.8 Å². The summed E-state index contributed by atoms with van der Waals surface area (Å²) in [6, 6.07) is 11.5. The number of hydrogen-bond donors (Lipinski definition) is 0. The van der Waals surface area contributed by atoms with Gasteiger partial charge in [-0.05, 0) is 43.2 Å². The van der Waals surface area contributed by atoms with Crippen LogP contribution in [0.5, 0.6) is 5.75 Å². The molecule has 0 amide bonds. The van der Waals surface area contributed by atoms with Crippen LogP contribution in [0, 0.1) is 11.3 Å². The summed E-state index contributed by atoms with van der Waals surface area (Å²) >= 11 is 0. The Labute approximate surface area is 135 Å². The summed E-state index contributed by atoms with van der Waals surface area (Å²) in [5.41, 5.74) is 2.40. The fourth-order valence-electron chi connectivity index (χ4n) is 1.93. The van der Waals surface area contributed by atoms with Crippen molar-refractivity contribution in [2.45, 2.75) is 19.3 Å². The van der Waals surface area contributed by atoms with Gasteiger partial charge in [0.05, 0.1) is 25.6 Å². The number of hydrogen-bond acceptors (Lipinski definition) is 6. The quantitative estimate of drug-likeness (QED) is 0.425. The number of nitrogens with zero attached hydrogens (tertiary/aromatic N) is 4. The van der Waals surface area contributed by atoms with Gasteiger partial charge in [0.15, 0.2) is 0 Å². The second-order valence-electron chi connectivity index (χ2n) is 4.75. The summed E-state index contributed by atoms with van der Waals surface area (Å²) in [6.45, 7) is 0.472. The van der Waals surface area contributed by atoms with Crippen molar-refractivity contribution in [3.63, 3.8) is 0 Å². The van der Waals surface area contributed by atoms with E-state index in [1.165, 1.54) is 0 Å². The zero-order valence-corrected chi connectivity index (χ0v) is 13.0. The first-order chi connectivity index (χ1) is 11.3. The molecule has 118 valence electrons. The average molecular weight is 310 g/mol. The normalized spacial score (nSPS) is 10.9. The molecule has 0 spiro atoms. The van der Waals surface area contributed by atoms with Crippen LogP contribution in [0.4, 0.5) is 0 Å². The molecule has 0 bridgehead atoms. The number of methoxy groups -OCH3 is 1. The molecule has 6 nitrogen and oxygen atoms in total. The maximum Gasteiger partial charge on any atom is 0.118 e. The lowest BCUT2D eigenvalue weighted by Gasteiger charge is -2.08. The molecule has 0 aliphatic rings. The molecule has 2 aromatic rings.